The highest BCUT2D eigenvalue weighted by Gasteiger charge is 2.39. The average molecular weight is 572 g/mol. The van der Waals surface area contributed by atoms with Crippen molar-refractivity contribution in [2.45, 2.75) is 69.4 Å². The van der Waals surface area contributed by atoms with E-state index in [0.717, 1.165) is 12.8 Å². The predicted molar refractivity (Wildman–Crippen MR) is 146 cm³/mol. The predicted octanol–water partition coefficient (Wildman–Crippen LogP) is 1.29. The fourth-order valence-electron chi connectivity index (χ4n) is 4.37. The monoisotopic (exact) mass is 571 g/mol. The van der Waals surface area contributed by atoms with Gasteiger partial charge in [-0.2, -0.15) is 4.72 Å². The van der Waals surface area contributed by atoms with Crippen LogP contribution in [0.5, 0.6) is 17.2 Å². The molecule has 39 heavy (non-hydrogen) atoms. The molecule has 2 rings (SSSR count). The molecule has 1 heterocycles. The van der Waals surface area contributed by atoms with E-state index in [4.69, 9.17) is 25.7 Å². The Bertz CT molecular complexity index is 1120. The first-order valence-corrected chi connectivity index (χ1v) is 14.4. The van der Waals surface area contributed by atoms with Crippen molar-refractivity contribution in [3.63, 3.8) is 0 Å². The van der Waals surface area contributed by atoms with Gasteiger partial charge in [0.25, 0.3) is 0 Å². The van der Waals surface area contributed by atoms with Gasteiger partial charge in [-0.25, -0.2) is 13.2 Å². The molecule has 1 saturated heterocycles. The number of aliphatic imine (C=N–C) groups is 1. The molecule has 0 saturated carbocycles. The first-order chi connectivity index (χ1) is 18.5. The molecule has 3 atom stereocenters. The van der Waals surface area contributed by atoms with Crippen LogP contribution >= 0.6 is 0 Å². The number of carboxylic acid groups (broad SMARTS) is 1. The van der Waals surface area contributed by atoms with Crippen molar-refractivity contribution in [3.8, 4) is 17.2 Å². The number of amides is 1. The minimum atomic E-state index is -4.36. The highest BCUT2D eigenvalue weighted by Crippen LogP contribution is 2.42. The lowest BCUT2D eigenvalue weighted by molar-refractivity contribution is -0.153. The Morgan fingerprint density at radius 2 is 1.92 bits per heavy atom. The minimum Gasteiger partial charge on any atom is -0.493 e. The first kappa shape index (κ1) is 32.0. The number of rotatable bonds is 15. The van der Waals surface area contributed by atoms with E-state index in [2.05, 4.69) is 9.71 Å². The second-order valence-electron chi connectivity index (χ2n) is 9.47. The Morgan fingerprint density at radius 1 is 1.21 bits per heavy atom. The SMILES string of the molecule is CCCCOc1c(OC)ccc(S(=O)(=O)N[C@@H](CCCN=C(N)N)C(=O)N2CC[C@@H](C)C[C@@H]2C(=O)O)c1OC. The molecule has 13 nitrogen and oxygen atoms in total. The second kappa shape index (κ2) is 14.8. The number of nitrogens with one attached hydrogen (secondary N) is 1. The zero-order valence-corrected chi connectivity index (χ0v) is 23.8. The maximum absolute atomic E-state index is 13.7. The van der Waals surface area contributed by atoms with E-state index < -0.39 is 34.0 Å². The third kappa shape index (κ3) is 8.62. The Hall–Kier alpha value is -3.26. The minimum absolute atomic E-state index is 0.0333. The smallest absolute Gasteiger partial charge is 0.326 e. The lowest BCUT2D eigenvalue weighted by Crippen LogP contribution is -2.56. The number of aliphatic carboxylic acids is 1. The van der Waals surface area contributed by atoms with Crippen LogP contribution in [0.3, 0.4) is 0 Å². The average Bonchev–Trinajstić information content (AvgIpc) is 2.89. The van der Waals surface area contributed by atoms with Crippen LogP contribution in [0.15, 0.2) is 22.0 Å². The summed E-state index contributed by atoms with van der Waals surface area (Å²) in [6.45, 7) is 4.59. The number of piperidine rings is 1. The Morgan fingerprint density at radius 3 is 2.51 bits per heavy atom. The number of carbonyl (C=O) groups excluding carboxylic acids is 1. The molecular formula is C25H41N5O8S. The van der Waals surface area contributed by atoms with Crippen LogP contribution in [0, 0.1) is 5.92 Å². The van der Waals surface area contributed by atoms with Crippen LogP contribution < -0.4 is 30.4 Å². The molecule has 0 unspecified atom stereocenters. The van der Waals surface area contributed by atoms with E-state index in [1.165, 1.54) is 31.3 Å². The number of nitrogens with zero attached hydrogens (tertiary/aromatic N) is 2. The summed E-state index contributed by atoms with van der Waals surface area (Å²) >= 11 is 0. The lowest BCUT2D eigenvalue weighted by Gasteiger charge is -2.38. The fraction of sp³-hybridized carbons (Fsp3) is 0.640. The van der Waals surface area contributed by atoms with Crippen LogP contribution in [0.1, 0.15) is 52.4 Å². The van der Waals surface area contributed by atoms with E-state index >= 15 is 0 Å². The molecular weight excluding hydrogens is 530 g/mol. The number of hydrogen-bond donors (Lipinski definition) is 4. The largest absolute Gasteiger partial charge is 0.493 e. The molecule has 6 N–H and O–H groups in total. The van der Waals surface area contributed by atoms with Gasteiger partial charge in [-0.3, -0.25) is 9.79 Å². The molecule has 0 aliphatic carbocycles. The van der Waals surface area contributed by atoms with Crippen LogP contribution in [-0.4, -0.2) is 82.3 Å². The number of carbonyl (C=O) groups is 2. The third-order valence-corrected chi connectivity index (χ3v) is 7.97. The van der Waals surface area contributed by atoms with Gasteiger partial charge in [-0.1, -0.05) is 20.3 Å². The molecule has 14 heteroatoms. The molecule has 1 aliphatic heterocycles. The summed E-state index contributed by atoms with van der Waals surface area (Å²) in [4.78, 5) is 30.5. The van der Waals surface area contributed by atoms with Gasteiger partial charge in [-0.05, 0) is 50.2 Å². The number of ether oxygens (including phenoxy) is 3. The molecule has 1 aromatic rings. The summed E-state index contributed by atoms with van der Waals surface area (Å²) in [5.41, 5.74) is 10.8. The number of guanidine groups is 1. The Labute approximate surface area is 229 Å². The zero-order valence-electron chi connectivity index (χ0n) is 23.0. The maximum atomic E-state index is 13.7. The molecule has 0 spiro atoms. The van der Waals surface area contributed by atoms with Gasteiger partial charge < -0.3 is 35.7 Å². The molecule has 1 aromatic carbocycles. The van der Waals surface area contributed by atoms with E-state index in [1.54, 1.807) is 0 Å². The van der Waals surface area contributed by atoms with E-state index in [1.807, 2.05) is 13.8 Å². The van der Waals surface area contributed by atoms with Crippen LogP contribution in [0.25, 0.3) is 0 Å². The highest BCUT2D eigenvalue weighted by atomic mass is 32.2. The van der Waals surface area contributed by atoms with Crippen LogP contribution in [-0.2, 0) is 19.6 Å². The number of unbranched alkanes of at least 4 members (excludes halogenated alkanes) is 1. The summed E-state index contributed by atoms with van der Waals surface area (Å²) in [7, 11) is -1.62. The molecule has 0 bridgehead atoms. The first-order valence-electron chi connectivity index (χ1n) is 13.0. The maximum Gasteiger partial charge on any atom is 0.326 e. The Balaban J connectivity index is 2.45. The summed E-state index contributed by atoms with van der Waals surface area (Å²) < 4.78 is 46.4. The number of methoxy groups -OCH3 is 2. The van der Waals surface area contributed by atoms with Gasteiger partial charge in [0.15, 0.2) is 17.5 Å². The fourth-order valence-corrected chi connectivity index (χ4v) is 5.76. The van der Waals surface area contributed by atoms with Gasteiger partial charge >= 0.3 is 5.97 Å². The van der Waals surface area contributed by atoms with Gasteiger partial charge in [0, 0.05) is 13.1 Å². The summed E-state index contributed by atoms with van der Waals surface area (Å²) in [5, 5.41) is 9.76. The van der Waals surface area contributed by atoms with Crippen molar-refractivity contribution in [2.75, 3.05) is 33.9 Å². The Kier molecular flexibility index (Phi) is 12.1. The van der Waals surface area contributed by atoms with Crippen LogP contribution in [0.2, 0.25) is 0 Å². The van der Waals surface area contributed by atoms with Crippen molar-refractivity contribution < 1.29 is 37.3 Å². The van der Waals surface area contributed by atoms with E-state index in [-0.39, 0.29) is 60.6 Å². The van der Waals surface area contributed by atoms with Crippen molar-refractivity contribution in [1.82, 2.24) is 9.62 Å². The topological polar surface area (TPSA) is 196 Å². The number of sulfonamides is 1. The van der Waals surface area contributed by atoms with Crippen molar-refractivity contribution >= 4 is 27.9 Å². The highest BCUT2D eigenvalue weighted by molar-refractivity contribution is 7.89. The molecule has 1 aliphatic rings. The summed E-state index contributed by atoms with van der Waals surface area (Å²) in [6.07, 6.45) is 2.77. The number of carboxylic acids is 1. The molecule has 0 aromatic heterocycles. The molecule has 0 radical (unpaired) electrons. The van der Waals surface area contributed by atoms with E-state index in [9.17, 15) is 23.1 Å². The van der Waals surface area contributed by atoms with Gasteiger partial charge in [0.1, 0.15) is 17.0 Å². The summed E-state index contributed by atoms with van der Waals surface area (Å²) in [6, 6.07) is 0.423. The lowest BCUT2D eigenvalue weighted by atomic mass is 9.91. The van der Waals surface area contributed by atoms with Crippen LogP contribution in [0.4, 0.5) is 0 Å². The van der Waals surface area contributed by atoms with Gasteiger partial charge in [-0.15, -0.1) is 0 Å². The van der Waals surface area contributed by atoms with Gasteiger partial charge in [0.05, 0.1) is 20.8 Å². The quantitative estimate of drug-likeness (QED) is 0.135. The third-order valence-electron chi connectivity index (χ3n) is 6.47. The number of nitrogens with two attached hydrogens (primary N) is 2. The normalized spacial score (nSPS) is 18.2. The van der Waals surface area contributed by atoms with Crippen molar-refractivity contribution in [2.24, 2.45) is 22.4 Å². The second-order valence-corrected chi connectivity index (χ2v) is 11.2. The van der Waals surface area contributed by atoms with Crippen molar-refractivity contribution in [3.05, 3.63) is 12.1 Å². The van der Waals surface area contributed by atoms with E-state index in [0.29, 0.717) is 18.8 Å². The summed E-state index contributed by atoms with van der Waals surface area (Å²) in [5.74, 6) is -1.44. The molecule has 1 amide bonds. The number of hydrogen-bond acceptors (Lipinski definition) is 8. The zero-order chi connectivity index (χ0) is 29.2. The molecule has 220 valence electrons. The number of benzene rings is 1. The molecule has 1 fully saturated rings. The number of likely N-dealkylation sites (tertiary alicyclic amines) is 1. The van der Waals surface area contributed by atoms with Crippen molar-refractivity contribution in [1.29, 1.82) is 0 Å². The standard InChI is InChI=1S/C25H41N5O8S/c1-5-6-14-38-21-19(36-3)9-10-20(22(21)37-4)39(34,35)29-17(8-7-12-28-25(26)27)23(31)30-13-11-16(2)15-18(30)24(32)33/h9-10,16-18,29H,5-8,11-15H2,1-4H3,(H,32,33)(H4,26,27,28)/t16-,17+,18-/m1/s1. The van der Waals surface area contributed by atoms with Gasteiger partial charge in [0.2, 0.25) is 21.7 Å².